The Hall–Kier alpha value is -1.62. The molecule has 107 valence electrons. The van der Waals surface area contributed by atoms with Crippen molar-refractivity contribution >= 4 is 17.0 Å². The van der Waals surface area contributed by atoms with E-state index in [1.165, 1.54) is 12.1 Å². The molecule has 1 aromatic carbocycles. The minimum absolute atomic E-state index is 0.242. The number of nitrogens with zero attached hydrogens (tertiary/aromatic N) is 3. The van der Waals surface area contributed by atoms with Crippen LogP contribution in [0.4, 0.5) is 10.3 Å². The maximum Gasteiger partial charge on any atom is 0.203 e. The zero-order chi connectivity index (χ0) is 13.9. The maximum absolute atomic E-state index is 13.2. The predicted octanol–water partition coefficient (Wildman–Crippen LogP) is 2.44. The van der Waals surface area contributed by atoms with Gasteiger partial charge in [0.15, 0.2) is 0 Å². The normalized spacial score (nSPS) is 17.0. The molecule has 1 aliphatic rings. The van der Waals surface area contributed by atoms with Crippen LogP contribution in [0.5, 0.6) is 0 Å². The molecule has 1 saturated heterocycles. The monoisotopic (exact) mass is 275 g/mol. The first-order valence-electron chi connectivity index (χ1n) is 7.18. The highest BCUT2D eigenvalue weighted by atomic mass is 19.1. The molecule has 5 heteroatoms. The Kier molecular flexibility index (Phi) is 3.87. The minimum atomic E-state index is -0.242. The van der Waals surface area contributed by atoms with Gasteiger partial charge in [0.2, 0.25) is 5.95 Å². The van der Waals surface area contributed by atoms with Gasteiger partial charge in [0.1, 0.15) is 5.82 Å². The molecule has 1 fully saturated rings. The summed E-state index contributed by atoms with van der Waals surface area (Å²) in [4.78, 5) is 12.5. The van der Waals surface area contributed by atoms with E-state index in [2.05, 4.69) is 26.7 Å². The highest BCUT2D eigenvalue weighted by Gasteiger charge is 2.19. The highest BCUT2D eigenvalue weighted by Crippen LogP contribution is 2.19. The van der Waals surface area contributed by atoms with E-state index < -0.39 is 0 Å². The third-order valence-corrected chi connectivity index (χ3v) is 3.83. The zero-order valence-corrected chi connectivity index (χ0v) is 11.6. The smallest absolute Gasteiger partial charge is 0.203 e. The van der Waals surface area contributed by atoms with E-state index in [1.807, 2.05) is 0 Å². The summed E-state index contributed by atoms with van der Waals surface area (Å²) in [6, 6.07) is 4.67. The summed E-state index contributed by atoms with van der Waals surface area (Å²) in [6.45, 7) is 9.02. The summed E-state index contributed by atoms with van der Waals surface area (Å²) < 4.78 is 13.2. The SMILES string of the molecule is [CH2]CCCN1CCN(c2nc3cc(F)ccc3[nH]2)CC1. The molecule has 20 heavy (non-hydrogen) atoms. The van der Waals surface area contributed by atoms with Crippen LogP contribution in [0.3, 0.4) is 0 Å². The molecule has 0 amide bonds. The minimum Gasteiger partial charge on any atom is -0.340 e. The molecule has 2 heterocycles. The molecule has 0 unspecified atom stereocenters. The molecule has 1 N–H and O–H groups in total. The van der Waals surface area contributed by atoms with Gasteiger partial charge >= 0.3 is 0 Å². The van der Waals surface area contributed by atoms with Gasteiger partial charge in [-0.3, -0.25) is 4.90 Å². The van der Waals surface area contributed by atoms with E-state index in [0.29, 0.717) is 5.52 Å². The second-order valence-electron chi connectivity index (χ2n) is 5.26. The van der Waals surface area contributed by atoms with E-state index in [0.717, 1.165) is 57.0 Å². The average molecular weight is 275 g/mol. The molecule has 3 rings (SSSR count). The van der Waals surface area contributed by atoms with Crippen LogP contribution in [0.25, 0.3) is 11.0 Å². The van der Waals surface area contributed by atoms with Crippen molar-refractivity contribution in [2.75, 3.05) is 37.6 Å². The van der Waals surface area contributed by atoms with Crippen LogP contribution in [0.1, 0.15) is 12.8 Å². The van der Waals surface area contributed by atoms with Crippen LogP contribution in [0.2, 0.25) is 0 Å². The fourth-order valence-electron chi connectivity index (χ4n) is 2.63. The van der Waals surface area contributed by atoms with Crippen LogP contribution >= 0.6 is 0 Å². The molecule has 0 bridgehead atoms. The number of H-pyrrole nitrogens is 1. The first kappa shape index (κ1) is 13.4. The van der Waals surface area contributed by atoms with Gasteiger partial charge < -0.3 is 9.88 Å². The first-order valence-corrected chi connectivity index (χ1v) is 7.18. The Balaban J connectivity index is 1.67. The van der Waals surface area contributed by atoms with E-state index in [-0.39, 0.29) is 5.82 Å². The molecule has 1 radical (unpaired) electrons. The molecule has 0 spiro atoms. The summed E-state index contributed by atoms with van der Waals surface area (Å²) in [7, 11) is 0. The standard InChI is InChI=1S/C15H20FN4/c1-2-3-6-19-7-9-20(10-8-19)15-17-13-5-4-12(16)11-14(13)18-15/h4-5,11H,1-3,6-10H2,(H,17,18). The van der Waals surface area contributed by atoms with Crippen molar-refractivity contribution in [3.8, 4) is 0 Å². The van der Waals surface area contributed by atoms with Gasteiger partial charge in [-0.25, -0.2) is 9.37 Å². The lowest BCUT2D eigenvalue weighted by Crippen LogP contribution is -2.47. The largest absolute Gasteiger partial charge is 0.340 e. The summed E-state index contributed by atoms with van der Waals surface area (Å²) in [5, 5.41) is 0. The molecule has 0 aliphatic carbocycles. The lowest BCUT2D eigenvalue weighted by atomic mass is 10.2. The van der Waals surface area contributed by atoms with E-state index in [9.17, 15) is 4.39 Å². The number of benzene rings is 1. The van der Waals surface area contributed by atoms with Gasteiger partial charge in [0, 0.05) is 32.2 Å². The van der Waals surface area contributed by atoms with E-state index in [1.54, 1.807) is 6.07 Å². The van der Waals surface area contributed by atoms with E-state index in [4.69, 9.17) is 0 Å². The van der Waals surface area contributed by atoms with Crippen LogP contribution in [-0.2, 0) is 0 Å². The molecule has 4 nitrogen and oxygen atoms in total. The number of fused-ring (bicyclic) bond motifs is 1. The number of hydrogen-bond donors (Lipinski definition) is 1. The van der Waals surface area contributed by atoms with Crippen molar-refractivity contribution < 1.29 is 4.39 Å². The van der Waals surface area contributed by atoms with Gasteiger partial charge in [-0.2, -0.15) is 0 Å². The van der Waals surface area contributed by atoms with Gasteiger partial charge in [-0.15, -0.1) is 0 Å². The Bertz CT molecular complexity index is 572. The van der Waals surface area contributed by atoms with Crippen LogP contribution in [-0.4, -0.2) is 47.6 Å². The van der Waals surface area contributed by atoms with Gasteiger partial charge in [0.05, 0.1) is 11.0 Å². The van der Waals surface area contributed by atoms with Crippen LogP contribution in [0, 0.1) is 12.7 Å². The zero-order valence-electron chi connectivity index (χ0n) is 11.6. The molecular formula is C15H20FN4. The number of aromatic nitrogens is 2. The third-order valence-electron chi connectivity index (χ3n) is 3.83. The fraction of sp³-hybridized carbons (Fsp3) is 0.467. The van der Waals surface area contributed by atoms with Gasteiger partial charge in [0.25, 0.3) is 0 Å². The molecule has 2 aromatic rings. The Morgan fingerprint density at radius 3 is 2.80 bits per heavy atom. The van der Waals surface area contributed by atoms with E-state index >= 15 is 0 Å². The second-order valence-corrected chi connectivity index (χ2v) is 5.26. The molecule has 0 saturated carbocycles. The van der Waals surface area contributed by atoms with Crippen molar-refractivity contribution in [1.82, 2.24) is 14.9 Å². The predicted molar refractivity (Wildman–Crippen MR) is 79.3 cm³/mol. The lowest BCUT2D eigenvalue weighted by molar-refractivity contribution is 0.254. The highest BCUT2D eigenvalue weighted by molar-refractivity contribution is 5.77. The van der Waals surface area contributed by atoms with Gasteiger partial charge in [-0.1, -0.05) is 13.3 Å². The first-order chi connectivity index (χ1) is 9.76. The van der Waals surface area contributed by atoms with Crippen molar-refractivity contribution in [3.63, 3.8) is 0 Å². The van der Waals surface area contributed by atoms with Crippen molar-refractivity contribution in [1.29, 1.82) is 0 Å². The summed E-state index contributed by atoms with van der Waals surface area (Å²) in [5.41, 5.74) is 1.58. The topological polar surface area (TPSA) is 35.2 Å². The Labute approximate surface area is 118 Å². The number of aromatic amines is 1. The van der Waals surface area contributed by atoms with Crippen LogP contribution in [0.15, 0.2) is 18.2 Å². The number of rotatable bonds is 4. The maximum atomic E-state index is 13.2. The third kappa shape index (κ3) is 2.77. The Morgan fingerprint density at radius 1 is 1.25 bits per heavy atom. The molecular weight excluding hydrogens is 255 g/mol. The number of imidazole rings is 1. The number of piperazine rings is 1. The van der Waals surface area contributed by atoms with Crippen molar-refractivity contribution in [2.45, 2.75) is 12.8 Å². The second kappa shape index (κ2) is 5.79. The van der Waals surface area contributed by atoms with Crippen molar-refractivity contribution in [3.05, 3.63) is 30.9 Å². The lowest BCUT2D eigenvalue weighted by Gasteiger charge is -2.34. The number of unbranched alkanes of at least 4 members (excludes halogenated alkanes) is 1. The Morgan fingerprint density at radius 2 is 2.05 bits per heavy atom. The number of anilines is 1. The van der Waals surface area contributed by atoms with Crippen molar-refractivity contribution in [2.24, 2.45) is 0 Å². The number of halogens is 1. The summed E-state index contributed by atoms with van der Waals surface area (Å²) in [6.07, 6.45) is 2.15. The number of nitrogens with one attached hydrogen (secondary N) is 1. The number of hydrogen-bond acceptors (Lipinski definition) is 3. The summed E-state index contributed by atoms with van der Waals surface area (Å²) >= 11 is 0. The van der Waals surface area contributed by atoms with Gasteiger partial charge in [-0.05, 0) is 25.1 Å². The summed E-state index contributed by atoms with van der Waals surface area (Å²) in [5.74, 6) is 0.607. The van der Waals surface area contributed by atoms with Crippen LogP contribution < -0.4 is 4.90 Å². The molecule has 1 aliphatic heterocycles. The molecule has 0 atom stereocenters. The fourth-order valence-corrected chi connectivity index (χ4v) is 2.63. The average Bonchev–Trinajstić information content (AvgIpc) is 2.88. The molecule has 1 aromatic heterocycles. The quantitative estimate of drug-likeness (QED) is 0.931.